The van der Waals surface area contributed by atoms with E-state index in [0.717, 1.165) is 17.8 Å². The van der Waals surface area contributed by atoms with Crippen LogP contribution in [0.15, 0.2) is 47.5 Å². The minimum absolute atomic E-state index is 0.0437. The van der Waals surface area contributed by atoms with Crippen molar-refractivity contribution in [1.82, 2.24) is 19.3 Å². The normalized spacial score (nSPS) is 18.7. The number of ether oxygens (including phenoxy) is 1. The number of aromatic nitrogens is 3. The van der Waals surface area contributed by atoms with Crippen LogP contribution < -0.4 is 4.74 Å². The molecule has 130 valence electrons. The van der Waals surface area contributed by atoms with E-state index < -0.39 is 10.0 Å². The van der Waals surface area contributed by atoms with Gasteiger partial charge < -0.3 is 9.72 Å². The summed E-state index contributed by atoms with van der Waals surface area (Å²) in [7, 11) is -1.96. The van der Waals surface area contributed by atoms with E-state index in [9.17, 15) is 8.42 Å². The zero-order valence-corrected chi connectivity index (χ0v) is 14.5. The third-order valence-electron chi connectivity index (χ3n) is 4.51. The number of pyridine rings is 1. The van der Waals surface area contributed by atoms with E-state index in [4.69, 9.17) is 4.74 Å². The summed E-state index contributed by atoms with van der Waals surface area (Å²) in [6.45, 7) is 0.887. The van der Waals surface area contributed by atoms with Gasteiger partial charge in [0, 0.05) is 25.2 Å². The molecule has 2 aromatic heterocycles. The highest BCUT2D eigenvalue weighted by Gasteiger charge is 2.34. The standard InChI is InChI=1S/C17H18N4O3S/c1-24-13-4-6-14(7-5-13)25(22,23)21-10-8-12(11-21)16-19-15-3-2-9-18-17(15)20-16/h2-7,9,12H,8,10-11H2,1H3,(H,18,19,20)/t12-/m0/s1. The zero-order valence-electron chi connectivity index (χ0n) is 13.7. The van der Waals surface area contributed by atoms with Crippen LogP contribution in [0.5, 0.6) is 5.75 Å². The molecule has 4 rings (SSSR count). The van der Waals surface area contributed by atoms with Crippen molar-refractivity contribution in [3.63, 3.8) is 0 Å². The van der Waals surface area contributed by atoms with Gasteiger partial charge in [0.2, 0.25) is 10.0 Å². The van der Waals surface area contributed by atoms with Crippen molar-refractivity contribution in [2.24, 2.45) is 0 Å². The van der Waals surface area contributed by atoms with E-state index in [2.05, 4.69) is 15.0 Å². The Bertz CT molecular complexity index is 965. The maximum absolute atomic E-state index is 12.8. The van der Waals surface area contributed by atoms with Gasteiger partial charge in [-0.2, -0.15) is 4.31 Å². The second-order valence-electron chi connectivity index (χ2n) is 6.02. The molecule has 1 aliphatic rings. The van der Waals surface area contributed by atoms with Crippen LogP contribution in [0.3, 0.4) is 0 Å². The van der Waals surface area contributed by atoms with Crippen LogP contribution in [0.2, 0.25) is 0 Å². The number of nitrogens with one attached hydrogen (secondary N) is 1. The molecule has 8 heteroatoms. The summed E-state index contributed by atoms with van der Waals surface area (Å²) in [6.07, 6.45) is 2.43. The number of fused-ring (bicyclic) bond motifs is 1. The van der Waals surface area contributed by atoms with E-state index in [1.165, 1.54) is 4.31 Å². The van der Waals surface area contributed by atoms with Crippen molar-refractivity contribution in [1.29, 1.82) is 0 Å². The molecule has 1 aromatic carbocycles. The van der Waals surface area contributed by atoms with E-state index in [1.54, 1.807) is 37.6 Å². The number of hydrogen-bond acceptors (Lipinski definition) is 5. The van der Waals surface area contributed by atoms with Crippen molar-refractivity contribution in [3.8, 4) is 5.75 Å². The Balaban J connectivity index is 1.56. The second kappa shape index (κ2) is 6.12. The van der Waals surface area contributed by atoms with E-state index >= 15 is 0 Å². The summed E-state index contributed by atoms with van der Waals surface area (Å²) >= 11 is 0. The van der Waals surface area contributed by atoms with E-state index in [-0.39, 0.29) is 10.8 Å². The average Bonchev–Trinajstić information content (AvgIpc) is 3.28. The van der Waals surface area contributed by atoms with Crippen molar-refractivity contribution in [3.05, 3.63) is 48.4 Å². The zero-order chi connectivity index (χ0) is 17.4. The molecule has 1 N–H and O–H groups in total. The van der Waals surface area contributed by atoms with Gasteiger partial charge in [0.1, 0.15) is 11.6 Å². The molecule has 1 fully saturated rings. The van der Waals surface area contributed by atoms with Crippen molar-refractivity contribution < 1.29 is 13.2 Å². The first-order chi connectivity index (χ1) is 12.1. The molecule has 0 bridgehead atoms. The second-order valence-corrected chi connectivity index (χ2v) is 7.96. The third-order valence-corrected chi connectivity index (χ3v) is 6.39. The fourth-order valence-electron chi connectivity index (χ4n) is 3.12. The van der Waals surface area contributed by atoms with Gasteiger partial charge in [-0.3, -0.25) is 0 Å². The summed E-state index contributed by atoms with van der Waals surface area (Å²) in [5, 5.41) is 0. The number of benzene rings is 1. The molecule has 0 radical (unpaired) electrons. The number of hydrogen-bond donors (Lipinski definition) is 1. The molecule has 0 saturated carbocycles. The fraction of sp³-hybridized carbons (Fsp3) is 0.294. The molecule has 1 saturated heterocycles. The third kappa shape index (κ3) is 2.87. The molecule has 3 heterocycles. The van der Waals surface area contributed by atoms with Crippen LogP contribution in [0.4, 0.5) is 0 Å². The number of rotatable bonds is 4. The SMILES string of the molecule is COc1ccc(S(=O)(=O)N2CC[C@H](c3nc4ncccc4[nH]3)C2)cc1. The first-order valence-corrected chi connectivity index (χ1v) is 9.47. The molecule has 0 amide bonds. The quantitative estimate of drug-likeness (QED) is 0.772. The van der Waals surface area contributed by atoms with Gasteiger partial charge in [0.05, 0.1) is 17.5 Å². The van der Waals surface area contributed by atoms with Gasteiger partial charge in [-0.05, 0) is 42.8 Å². The highest BCUT2D eigenvalue weighted by molar-refractivity contribution is 7.89. The minimum Gasteiger partial charge on any atom is -0.497 e. The number of methoxy groups -OCH3 is 1. The van der Waals surface area contributed by atoms with Crippen LogP contribution in [-0.4, -0.2) is 47.9 Å². The van der Waals surface area contributed by atoms with Crippen molar-refractivity contribution in [2.45, 2.75) is 17.2 Å². The lowest BCUT2D eigenvalue weighted by Crippen LogP contribution is -2.28. The average molecular weight is 358 g/mol. The number of H-pyrrole nitrogens is 1. The van der Waals surface area contributed by atoms with E-state index in [1.807, 2.05) is 12.1 Å². The van der Waals surface area contributed by atoms with Gasteiger partial charge in [-0.15, -0.1) is 0 Å². The Labute approximate surface area is 145 Å². The molecule has 3 aromatic rings. The first-order valence-electron chi connectivity index (χ1n) is 8.03. The maximum Gasteiger partial charge on any atom is 0.243 e. The number of sulfonamides is 1. The Hall–Kier alpha value is -2.45. The summed E-state index contributed by atoms with van der Waals surface area (Å²) in [4.78, 5) is 12.3. The minimum atomic E-state index is -3.51. The summed E-state index contributed by atoms with van der Waals surface area (Å²) < 4.78 is 32.2. The largest absolute Gasteiger partial charge is 0.497 e. The predicted molar refractivity (Wildman–Crippen MR) is 93.0 cm³/mol. The summed E-state index contributed by atoms with van der Waals surface area (Å²) in [5.41, 5.74) is 1.53. The fourth-order valence-corrected chi connectivity index (χ4v) is 4.62. The molecular weight excluding hydrogens is 340 g/mol. The lowest BCUT2D eigenvalue weighted by atomic mass is 10.1. The van der Waals surface area contributed by atoms with Crippen LogP contribution in [0.25, 0.3) is 11.2 Å². The van der Waals surface area contributed by atoms with Crippen molar-refractivity contribution >= 4 is 21.2 Å². The molecule has 25 heavy (non-hydrogen) atoms. The molecule has 0 unspecified atom stereocenters. The van der Waals surface area contributed by atoms with Crippen LogP contribution in [0.1, 0.15) is 18.2 Å². The molecule has 1 atom stereocenters. The maximum atomic E-state index is 12.8. The first kappa shape index (κ1) is 16.0. The highest BCUT2D eigenvalue weighted by Crippen LogP contribution is 2.30. The van der Waals surface area contributed by atoms with Crippen LogP contribution >= 0.6 is 0 Å². The van der Waals surface area contributed by atoms with Gasteiger partial charge in [-0.25, -0.2) is 18.4 Å². The Morgan fingerprint density at radius 2 is 2.04 bits per heavy atom. The molecular formula is C17H18N4O3S. The van der Waals surface area contributed by atoms with Gasteiger partial charge in [-0.1, -0.05) is 0 Å². The van der Waals surface area contributed by atoms with Gasteiger partial charge in [0.25, 0.3) is 0 Å². The number of aromatic amines is 1. The van der Waals surface area contributed by atoms with E-state index in [0.29, 0.717) is 24.5 Å². The smallest absolute Gasteiger partial charge is 0.243 e. The molecule has 7 nitrogen and oxygen atoms in total. The Morgan fingerprint density at radius 1 is 1.24 bits per heavy atom. The van der Waals surface area contributed by atoms with Crippen molar-refractivity contribution in [2.75, 3.05) is 20.2 Å². The number of imidazole rings is 1. The molecule has 0 aliphatic carbocycles. The topological polar surface area (TPSA) is 88.2 Å². The monoisotopic (exact) mass is 358 g/mol. The summed E-state index contributed by atoms with van der Waals surface area (Å²) in [5.74, 6) is 1.47. The van der Waals surface area contributed by atoms with Crippen LogP contribution in [-0.2, 0) is 10.0 Å². The van der Waals surface area contributed by atoms with Gasteiger partial charge >= 0.3 is 0 Å². The lowest BCUT2D eigenvalue weighted by molar-refractivity contribution is 0.414. The van der Waals surface area contributed by atoms with Crippen LogP contribution in [0, 0.1) is 0 Å². The lowest BCUT2D eigenvalue weighted by Gasteiger charge is -2.16. The predicted octanol–water partition coefficient (Wildman–Crippen LogP) is 2.14. The number of nitrogens with zero attached hydrogens (tertiary/aromatic N) is 3. The highest BCUT2D eigenvalue weighted by atomic mass is 32.2. The molecule has 1 aliphatic heterocycles. The molecule has 0 spiro atoms. The Morgan fingerprint density at radius 3 is 2.76 bits per heavy atom. The Kier molecular flexibility index (Phi) is 3.93. The summed E-state index contributed by atoms with van der Waals surface area (Å²) in [6, 6.07) is 10.2. The van der Waals surface area contributed by atoms with Gasteiger partial charge in [0.15, 0.2) is 5.65 Å².